The third kappa shape index (κ3) is 2.48. The van der Waals surface area contributed by atoms with Crippen molar-refractivity contribution in [2.45, 2.75) is 0 Å². The van der Waals surface area contributed by atoms with Crippen molar-refractivity contribution in [1.82, 2.24) is 0 Å². The van der Waals surface area contributed by atoms with Crippen LogP contribution in [0.1, 0.15) is 14.5 Å². The van der Waals surface area contributed by atoms with Crippen molar-refractivity contribution in [2.24, 2.45) is 0 Å². The number of benzene rings is 2. The average molecular weight is 250 g/mol. The van der Waals surface area contributed by atoms with Crippen molar-refractivity contribution in [1.29, 1.82) is 0 Å². The highest BCUT2D eigenvalue weighted by atomic mass is 35.5. The average Bonchev–Trinajstić information content (AvgIpc) is 2.37. The summed E-state index contributed by atoms with van der Waals surface area (Å²) in [4.78, 5) is 10.9. The lowest BCUT2D eigenvalue weighted by Crippen LogP contribution is -1.90. The van der Waals surface area contributed by atoms with Crippen molar-refractivity contribution in [3.05, 3.63) is 53.1 Å². The molecule has 0 saturated heterocycles. The first-order chi connectivity index (χ1) is 9.39. The standard InChI is InChI=1S/C14H11ClO2/c1-17-14-6-5-10(9-16)7-13(14)11-3-2-4-12(15)8-11/h2-9H,1H3/i1D3. The number of ether oxygens (including phenoxy) is 1. The number of carbonyl (C=O) groups is 1. The fourth-order valence-electron chi connectivity index (χ4n) is 1.59. The molecule has 0 unspecified atom stereocenters. The highest BCUT2D eigenvalue weighted by Gasteiger charge is 2.07. The second-order valence-corrected chi connectivity index (χ2v) is 3.92. The molecule has 0 spiro atoms. The summed E-state index contributed by atoms with van der Waals surface area (Å²) in [7, 11) is -2.56. The summed E-state index contributed by atoms with van der Waals surface area (Å²) in [5.74, 6) is 0.179. The molecular weight excluding hydrogens is 236 g/mol. The van der Waals surface area contributed by atoms with Crippen molar-refractivity contribution in [3.63, 3.8) is 0 Å². The number of hydrogen-bond acceptors (Lipinski definition) is 2. The van der Waals surface area contributed by atoms with E-state index < -0.39 is 7.04 Å². The fourth-order valence-corrected chi connectivity index (χ4v) is 1.78. The van der Waals surface area contributed by atoms with Gasteiger partial charge in [0.25, 0.3) is 0 Å². The molecule has 2 aromatic rings. The van der Waals surface area contributed by atoms with Crippen LogP contribution in [0.15, 0.2) is 42.5 Å². The molecule has 0 aliphatic carbocycles. The van der Waals surface area contributed by atoms with Crippen molar-refractivity contribution >= 4 is 17.9 Å². The van der Waals surface area contributed by atoms with Gasteiger partial charge in [-0.15, -0.1) is 0 Å². The molecule has 0 bridgehead atoms. The van der Waals surface area contributed by atoms with Gasteiger partial charge in [-0.3, -0.25) is 4.79 Å². The maximum absolute atomic E-state index is 10.9. The van der Waals surface area contributed by atoms with E-state index in [1.54, 1.807) is 30.3 Å². The van der Waals surface area contributed by atoms with Crippen LogP contribution in [0, 0.1) is 0 Å². The number of halogens is 1. The predicted molar refractivity (Wildman–Crippen MR) is 68.8 cm³/mol. The summed E-state index contributed by atoms with van der Waals surface area (Å²) >= 11 is 5.93. The van der Waals surface area contributed by atoms with Gasteiger partial charge in [-0.05, 0) is 35.9 Å². The molecular formula is C14H11ClO2. The van der Waals surface area contributed by atoms with Crippen LogP contribution in [0.3, 0.4) is 0 Å². The second-order valence-electron chi connectivity index (χ2n) is 3.49. The summed E-state index contributed by atoms with van der Waals surface area (Å²) in [5, 5.41) is 0.513. The Hall–Kier alpha value is -1.80. The lowest BCUT2D eigenvalue weighted by Gasteiger charge is -2.09. The first-order valence-electron chi connectivity index (χ1n) is 6.43. The molecule has 0 aliphatic heterocycles. The minimum absolute atomic E-state index is 0.179. The maximum atomic E-state index is 10.9. The summed E-state index contributed by atoms with van der Waals surface area (Å²) < 4.78 is 26.5. The van der Waals surface area contributed by atoms with Gasteiger partial charge < -0.3 is 4.74 Å². The Balaban J connectivity index is 2.55. The Labute approximate surface area is 109 Å². The third-order valence-electron chi connectivity index (χ3n) is 2.39. The van der Waals surface area contributed by atoms with Gasteiger partial charge in [0.15, 0.2) is 0 Å². The molecule has 0 N–H and O–H groups in total. The van der Waals surface area contributed by atoms with E-state index in [2.05, 4.69) is 0 Å². The van der Waals surface area contributed by atoms with E-state index in [0.717, 1.165) is 0 Å². The van der Waals surface area contributed by atoms with Crippen LogP contribution in [0.25, 0.3) is 11.1 Å². The molecule has 0 amide bonds. The highest BCUT2D eigenvalue weighted by molar-refractivity contribution is 6.30. The van der Waals surface area contributed by atoms with E-state index in [1.165, 1.54) is 12.1 Å². The van der Waals surface area contributed by atoms with Crippen LogP contribution in [0.4, 0.5) is 0 Å². The molecule has 86 valence electrons. The third-order valence-corrected chi connectivity index (χ3v) is 2.62. The minimum atomic E-state index is -2.56. The molecule has 2 aromatic carbocycles. The van der Waals surface area contributed by atoms with E-state index >= 15 is 0 Å². The monoisotopic (exact) mass is 249 g/mol. The minimum Gasteiger partial charge on any atom is -0.496 e. The lowest BCUT2D eigenvalue weighted by molar-refractivity contribution is 0.112. The topological polar surface area (TPSA) is 26.3 Å². The highest BCUT2D eigenvalue weighted by Crippen LogP contribution is 2.31. The molecule has 0 aliphatic rings. The smallest absolute Gasteiger partial charge is 0.150 e. The Morgan fingerprint density at radius 3 is 2.88 bits per heavy atom. The van der Waals surface area contributed by atoms with Crippen LogP contribution in [0.5, 0.6) is 5.75 Å². The fraction of sp³-hybridized carbons (Fsp3) is 0.0714. The van der Waals surface area contributed by atoms with Gasteiger partial charge >= 0.3 is 0 Å². The molecule has 2 nitrogen and oxygen atoms in total. The van der Waals surface area contributed by atoms with E-state index in [0.29, 0.717) is 28.0 Å². The van der Waals surface area contributed by atoms with Crippen LogP contribution < -0.4 is 4.74 Å². The quantitative estimate of drug-likeness (QED) is 0.773. The van der Waals surface area contributed by atoms with E-state index in [4.69, 9.17) is 20.5 Å². The molecule has 17 heavy (non-hydrogen) atoms. The number of methoxy groups -OCH3 is 1. The molecule has 0 heterocycles. The van der Waals surface area contributed by atoms with Crippen LogP contribution in [-0.2, 0) is 0 Å². The summed E-state index contributed by atoms with van der Waals surface area (Å²) in [6, 6.07) is 11.4. The molecule has 0 fully saturated rings. The SMILES string of the molecule is [2H]C([2H])([2H])Oc1ccc(C=O)cc1-c1cccc(Cl)c1. The number of hydrogen-bond donors (Lipinski definition) is 0. The number of carbonyl (C=O) groups excluding carboxylic acids is 1. The zero-order chi connectivity index (χ0) is 14.8. The van der Waals surface area contributed by atoms with Gasteiger partial charge in [0.2, 0.25) is 0 Å². The number of rotatable bonds is 3. The van der Waals surface area contributed by atoms with E-state index in [9.17, 15) is 4.79 Å². The van der Waals surface area contributed by atoms with Crippen LogP contribution >= 0.6 is 11.6 Å². The Morgan fingerprint density at radius 1 is 1.29 bits per heavy atom. The summed E-state index contributed by atoms with van der Waals surface area (Å²) in [5.41, 5.74) is 1.62. The Bertz CT molecular complexity index is 639. The number of aldehydes is 1. The van der Waals surface area contributed by atoms with E-state index in [1.807, 2.05) is 0 Å². The van der Waals surface area contributed by atoms with Gasteiger partial charge in [-0.25, -0.2) is 0 Å². The van der Waals surface area contributed by atoms with Crippen LogP contribution in [-0.4, -0.2) is 13.3 Å². The largest absolute Gasteiger partial charge is 0.496 e. The van der Waals surface area contributed by atoms with Crippen molar-refractivity contribution in [2.75, 3.05) is 7.04 Å². The maximum Gasteiger partial charge on any atom is 0.150 e. The predicted octanol–water partition coefficient (Wildman–Crippen LogP) is 3.83. The van der Waals surface area contributed by atoms with Gasteiger partial charge in [-0.2, -0.15) is 0 Å². The second kappa shape index (κ2) is 5.02. The van der Waals surface area contributed by atoms with Gasteiger partial charge in [-0.1, -0.05) is 23.7 Å². The van der Waals surface area contributed by atoms with Crippen LogP contribution in [0.2, 0.25) is 5.02 Å². The summed E-state index contributed by atoms with van der Waals surface area (Å²) in [6.07, 6.45) is 0.688. The van der Waals surface area contributed by atoms with E-state index in [-0.39, 0.29) is 5.75 Å². The molecule has 0 atom stereocenters. The lowest BCUT2D eigenvalue weighted by atomic mass is 10.0. The van der Waals surface area contributed by atoms with Gasteiger partial charge in [0.05, 0.1) is 11.2 Å². The van der Waals surface area contributed by atoms with Crippen molar-refractivity contribution < 1.29 is 13.6 Å². The molecule has 0 radical (unpaired) electrons. The molecule has 2 rings (SSSR count). The van der Waals surface area contributed by atoms with Gasteiger partial charge in [0.1, 0.15) is 12.0 Å². The Kier molecular flexibility index (Phi) is 2.46. The first-order valence-corrected chi connectivity index (χ1v) is 5.31. The molecule has 3 heteroatoms. The first kappa shape index (κ1) is 8.31. The zero-order valence-corrected chi connectivity index (χ0v) is 9.57. The zero-order valence-electron chi connectivity index (χ0n) is 11.8. The summed E-state index contributed by atoms with van der Waals surface area (Å²) in [6.45, 7) is 0. The van der Waals surface area contributed by atoms with Gasteiger partial charge in [0, 0.05) is 16.1 Å². The van der Waals surface area contributed by atoms with Crippen molar-refractivity contribution in [3.8, 4) is 16.9 Å². The normalized spacial score (nSPS) is 13.4. The Morgan fingerprint density at radius 2 is 2.18 bits per heavy atom. The molecule has 0 saturated carbocycles. The molecule has 0 aromatic heterocycles.